The summed E-state index contributed by atoms with van der Waals surface area (Å²) in [5.41, 5.74) is 8.99. The van der Waals surface area contributed by atoms with Crippen LogP contribution in [0.1, 0.15) is 27.9 Å². The standard InChI is InChI=1S/C39H40FN7O4S/c1-26-7-10-32(19-27(26)2)44-39(50)43-31-11-8-28(9-12-31)38-42-33(25-52-38)22-46-15-17-47(18-16-46)23-37(49)45-41-21-30-20-34(13-14-36(30)48)51-24-29-5-3-4-6-35(29)40/h3-14,19-21,25,48H,15-18,22-24H2,1-2H3,(H,45,49)(H2,43,44,50)/b41-21+. The van der Waals surface area contributed by atoms with E-state index in [-0.39, 0.29) is 36.7 Å². The minimum atomic E-state index is -0.354. The fourth-order valence-electron chi connectivity index (χ4n) is 5.57. The van der Waals surface area contributed by atoms with E-state index in [0.29, 0.717) is 29.1 Å². The molecule has 0 aliphatic carbocycles. The Bertz CT molecular complexity index is 2040. The number of benzene rings is 4. The first kappa shape index (κ1) is 36.2. The van der Waals surface area contributed by atoms with Crippen LogP contribution in [0.3, 0.4) is 0 Å². The topological polar surface area (TPSA) is 131 Å². The molecule has 0 bridgehead atoms. The predicted molar refractivity (Wildman–Crippen MR) is 202 cm³/mol. The van der Waals surface area contributed by atoms with Crippen molar-refractivity contribution in [1.29, 1.82) is 0 Å². The van der Waals surface area contributed by atoms with E-state index in [1.54, 1.807) is 41.7 Å². The molecule has 11 nitrogen and oxygen atoms in total. The molecule has 0 spiro atoms. The number of thiazole rings is 1. The molecular weight excluding hydrogens is 682 g/mol. The summed E-state index contributed by atoms with van der Waals surface area (Å²) in [6.07, 6.45) is 1.35. The van der Waals surface area contributed by atoms with Gasteiger partial charge >= 0.3 is 6.03 Å². The van der Waals surface area contributed by atoms with E-state index in [9.17, 15) is 19.1 Å². The molecule has 1 saturated heterocycles. The molecule has 0 saturated carbocycles. The summed E-state index contributed by atoms with van der Waals surface area (Å²) >= 11 is 1.58. The lowest BCUT2D eigenvalue weighted by Gasteiger charge is -2.33. The zero-order valence-corrected chi connectivity index (χ0v) is 29.8. The number of carbonyl (C=O) groups is 2. The fourth-order valence-corrected chi connectivity index (χ4v) is 6.39. The number of hydrogen-bond acceptors (Lipinski definition) is 9. The monoisotopic (exact) mass is 721 g/mol. The molecule has 1 aromatic heterocycles. The lowest BCUT2D eigenvalue weighted by molar-refractivity contribution is -0.122. The van der Waals surface area contributed by atoms with E-state index in [0.717, 1.165) is 53.7 Å². The van der Waals surface area contributed by atoms with Crippen molar-refractivity contribution in [3.8, 4) is 22.1 Å². The van der Waals surface area contributed by atoms with Crippen molar-refractivity contribution >= 4 is 40.9 Å². The lowest BCUT2D eigenvalue weighted by atomic mass is 10.1. The SMILES string of the molecule is Cc1ccc(NC(=O)Nc2ccc(-c3nc(CN4CCN(CC(=O)N/N=C/c5cc(OCc6ccccc6F)ccc5O)CC4)cs3)cc2)cc1C. The van der Waals surface area contributed by atoms with E-state index in [1.807, 2.05) is 56.3 Å². The highest BCUT2D eigenvalue weighted by Gasteiger charge is 2.20. The van der Waals surface area contributed by atoms with Crippen LogP contribution in [0.4, 0.5) is 20.6 Å². The first-order valence-corrected chi connectivity index (χ1v) is 17.7. The van der Waals surface area contributed by atoms with Crippen LogP contribution in [0.15, 0.2) is 95.4 Å². The molecule has 0 radical (unpaired) electrons. The molecule has 1 fully saturated rings. The molecule has 4 aromatic carbocycles. The second kappa shape index (κ2) is 17.1. The van der Waals surface area contributed by atoms with Gasteiger partial charge in [-0.2, -0.15) is 5.10 Å². The summed E-state index contributed by atoms with van der Waals surface area (Å²) < 4.78 is 19.6. The maximum Gasteiger partial charge on any atom is 0.323 e. The van der Waals surface area contributed by atoms with Crippen LogP contribution in [-0.4, -0.2) is 70.8 Å². The van der Waals surface area contributed by atoms with Crippen LogP contribution in [0, 0.1) is 19.7 Å². The fraction of sp³-hybridized carbons (Fsp3) is 0.231. The van der Waals surface area contributed by atoms with E-state index in [4.69, 9.17) is 9.72 Å². The number of ether oxygens (including phenoxy) is 1. The Morgan fingerprint density at radius 3 is 2.42 bits per heavy atom. The Morgan fingerprint density at radius 1 is 0.923 bits per heavy atom. The quantitative estimate of drug-likeness (QED) is 0.0827. The minimum Gasteiger partial charge on any atom is -0.507 e. The number of halogens is 1. The van der Waals surface area contributed by atoms with E-state index < -0.39 is 0 Å². The third kappa shape index (κ3) is 10.00. The number of aryl methyl sites for hydroxylation is 2. The highest BCUT2D eigenvalue weighted by Crippen LogP contribution is 2.26. The molecule has 13 heteroatoms. The number of phenols is 1. The van der Waals surface area contributed by atoms with Crippen LogP contribution in [0.25, 0.3) is 10.6 Å². The molecule has 0 atom stereocenters. The van der Waals surface area contributed by atoms with E-state index in [1.165, 1.54) is 23.9 Å². The van der Waals surface area contributed by atoms with Gasteiger partial charge < -0.3 is 20.5 Å². The van der Waals surface area contributed by atoms with Gasteiger partial charge in [-0.15, -0.1) is 11.3 Å². The molecular formula is C39H40FN7O4S. The van der Waals surface area contributed by atoms with Crippen LogP contribution >= 0.6 is 11.3 Å². The van der Waals surface area contributed by atoms with Crippen molar-refractivity contribution in [2.75, 3.05) is 43.4 Å². The molecule has 268 valence electrons. The Balaban J connectivity index is 0.910. The van der Waals surface area contributed by atoms with Gasteiger partial charge in [-0.05, 0) is 85.6 Å². The van der Waals surface area contributed by atoms with Crippen molar-refractivity contribution in [1.82, 2.24) is 20.2 Å². The van der Waals surface area contributed by atoms with E-state index >= 15 is 0 Å². The Kier molecular flexibility index (Phi) is 11.9. The largest absolute Gasteiger partial charge is 0.507 e. The Hall–Kier alpha value is -5.63. The smallest absolute Gasteiger partial charge is 0.323 e. The number of amides is 3. The highest BCUT2D eigenvalue weighted by atomic mass is 32.1. The average Bonchev–Trinajstić information content (AvgIpc) is 3.60. The predicted octanol–water partition coefficient (Wildman–Crippen LogP) is 6.76. The molecule has 1 aliphatic rings. The maximum atomic E-state index is 13.9. The summed E-state index contributed by atoms with van der Waals surface area (Å²) in [6.45, 7) is 8.03. The molecule has 0 unspecified atom stereocenters. The van der Waals surface area contributed by atoms with Gasteiger partial charge in [0.05, 0.1) is 18.5 Å². The van der Waals surface area contributed by atoms with Crippen LogP contribution in [-0.2, 0) is 17.9 Å². The minimum absolute atomic E-state index is 0.0273. The van der Waals surface area contributed by atoms with Gasteiger partial charge in [0.1, 0.15) is 28.9 Å². The summed E-state index contributed by atoms with van der Waals surface area (Å²) in [5.74, 6) is -0.213. The number of anilines is 2. The van der Waals surface area contributed by atoms with Crippen LogP contribution in [0.2, 0.25) is 0 Å². The van der Waals surface area contributed by atoms with Crippen molar-refractivity contribution in [2.24, 2.45) is 5.10 Å². The number of phenolic OH excluding ortho intramolecular Hbond substituents is 1. The number of carbonyl (C=O) groups excluding carboxylic acids is 2. The second-order valence-corrected chi connectivity index (χ2v) is 13.4. The summed E-state index contributed by atoms with van der Waals surface area (Å²) in [4.78, 5) is 34.3. The Labute approximate surface area is 305 Å². The first-order chi connectivity index (χ1) is 25.2. The molecule has 5 aromatic rings. The molecule has 1 aliphatic heterocycles. The van der Waals surface area contributed by atoms with Gasteiger partial charge in [0.15, 0.2) is 0 Å². The van der Waals surface area contributed by atoms with Crippen LogP contribution < -0.4 is 20.8 Å². The van der Waals surface area contributed by atoms with Gasteiger partial charge in [0, 0.05) is 66.2 Å². The number of piperazine rings is 1. The highest BCUT2D eigenvalue weighted by molar-refractivity contribution is 7.13. The number of nitrogens with zero attached hydrogens (tertiary/aromatic N) is 4. The summed E-state index contributed by atoms with van der Waals surface area (Å²) in [6, 6.07) is 24.1. The van der Waals surface area contributed by atoms with Crippen LogP contribution in [0.5, 0.6) is 11.5 Å². The molecule has 2 heterocycles. The zero-order chi connectivity index (χ0) is 36.5. The van der Waals surface area contributed by atoms with E-state index in [2.05, 4.69) is 36.3 Å². The molecule has 6 rings (SSSR count). The third-order valence-corrected chi connectivity index (χ3v) is 9.61. The van der Waals surface area contributed by atoms with Crippen molar-refractivity contribution in [2.45, 2.75) is 27.0 Å². The van der Waals surface area contributed by atoms with Gasteiger partial charge in [0.25, 0.3) is 5.91 Å². The zero-order valence-electron chi connectivity index (χ0n) is 28.9. The Morgan fingerprint density at radius 2 is 1.65 bits per heavy atom. The average molecular weight is 722 g/mol. The molecule has 4 N–H and O–H groups in total. The number of nitrogens with one attached hydrogen (secondary N) is 3. The first-order valence-electron chi connectivity index (χ1n) is 16.8. The van der Waals surface area contributed by atoms with Crippen molar-refractivity contribution in [3.63, 3.8) is 0 Å². The number of urea groups is 1. The second-order valence-electron chi connectivity index (χ2n) is 12.5. The van der Waals surface area contributed by atoms with Crippen molar-refractivity contribution in [3.05, 3.63) is 124 Å². The third-order valence-electron chi connectivity index (χ3n) is 8.67. The normalized spacial score (nSPS) is 13.6. The maximum absolute atomic E-state index is 13.9. The van der Waals surface area contributed by atoms with Gasteiger partial charge in [-0.1, -0.05) is 24.3 Å². The summed E-state index contributed by atoms with van der Waals surface area (Å²) in [7, 11) is 0. The van der Waals surface area contributed by atoms with Gasteiger partial charge in [-0.25, -0.2) is 19.6 Å². The summed E-state index contributed by atoms with van der Waals surface area (Å²) in [5, 5.41) is 23.0. The number of rotatable bonds is 12. The number of hydrogen-bond donors (Lipinski definition) is 4. The number of aromatic hydroxyl groups is 1. The lowest BCUT2D eigenvalue weighted by Crippen LogP contribution is -2.48. The van der Waals surface area contributed by atoms with Gasteiger partial charge in [0.2, 0.25) is 0 Å². The molecule has 52 heavy (non-hydrogen) atoms. The van der Waals surface area contributed by atoms with Gasteiger partial charge in [-0.3, -0.25) is 14.6 Å². The van der Waals surface area contributed by atoms with Crippen molar-refractivity contribution < 1.29 is 23.8 Å². The number of hydrazone groups is 1. The number of aromatic nitrogens is 1. The molecule has 3 amide bonds.